The highest BCUT2D eigenvalue weighted by molar-refractivity contribution is 5.78. The molecule has 2 aliphatic heterocycles. The summed E-state index contributed by atoms with van der Waals surface area (Å²) in [7, 11) is 0. The largest absolute Gasteiger partial charge is 0.370 e. The molecule has 2 aromatic rings. The minimum atomic E-state index is 0.0264. The Morgan fingerprint density at radius 3 is 2.81 bits per heavy atom. The van der Waals surface area contributed by atoms with E-state index in [1.165, 1.54) is 16.7 Å². The van der Waals surface area contributed by atoms with Gasteiger partial charge in [-0.1, -0.05) is 35.9 Å². The van der Waals surface area contributed by atoms with E-state index < -0.39 is 0 Å². The van der Waals surface area contributed by atoms with Gasteiger partial charge >= 0.3 is 0 Å². The molecule has 0 saturated carbocycles. The van der Waals surface area contributed by atoms with E-state index >= 15 is 0 Å². The van der Waals surface area contributed by atoms with Crippen molar-refractivity contribution in [1.29, 1.82) is 0 Å². The molecular weight excluding hydrogens is 402 g/mol. The van der Waals surface area contributed by atoms with E-state index in [4.69, 9.17) is 9.72 Å². The lowest BCUT2D eigenvalue weighted by molar-refractivity contribution is -0.137. The number of hydrogen-bond acceptors (Lipinski definition) is 4. The molecular formula is C26H33N3O3. The first-order chi connectivity index (χ1) is 15.6. The highest BCUT2D eigenvalue weighted by atomic mass is 16.5. The van der Waals surface area contributed by atoms with Gasteiger partial charge in [-0.25, -0.2) is 0 Å². The van der Waals surface area contributed by atoms with Crippen molar-refractivity contribution in [3.05, 3.63) is 65.0 Å². The van der Waals surface area contributed by atoms with Crippen LogP contribution < -0.4 is 0 Å². The van der Waals surface area contributed by atoms with Crippen LogP contribution in [0.2, 0.25) is 0 Å². The Morgan fingerprint density at radius 2 is 2.06 bits per heavy atom. The van der Waals surface area contributed by atoms with Gasteiger partial charge in [0.15, 0.2) is 0 Å². The fourth-order valence-corrected chi connectivity index (χ4v) is 4.65. The van der Waals surface area contributed by atoms with E-state index in [0.717, 1.165) is 44.5 Å². The molecule has 6 heteroatoms. The number of pyridine rings is 1. The Hall–Kier alpha value is -2.73. The molecule has 1 atom stereocenters. The van der Waals surface area contributed by atoms with Crippen LogP contribution in [0.1, 0.15) is 54.0 Å². The number of ether oxygens (including phenoxy) is 1. The van der Waals surface area contributed by atoms with E-state index in [2.05, 4.69) is 43.3 Å². The summed E-state index contributed by atoms with van der Waals surface area (Å²) >= 11 is 0. The van der Waals surface area contributed by atoms with Gasteiger partial charge in [0, 0.05) is 50.4 Å². The molecule has 6 nitrogen and oxygen atoms in total. The molecule has 4 rings (SSSR count). The van der Waals surface area contributed by atoms with Gasteiger partial charge in [0.05, 0.1) is 6.61 Å². The Labute approximate surface area is 190 Å². The van der Waals surface area contributed by atoms with Crippen LogP contribution >= 0.6 is 0 Å². The van der Waals surface area contributed by atoms with E-state index in [0.29, 0.717) is 26.1 Å². The summed E-state index contributed by atoms with van der Waals surface area (Å²) in [5, 5.41) is 0. The number of benzene rings is 1. The normalized spacial score (nSPS) is 18.9. The summed E-state index contributed by atoms with van der Waals surface area (Å²) in [6.07, 6.45) is 6.44. The van der Waals surface area contributed by atoms with Crippen molar-refractivity contribution < 1.29 is 14.3 Å². The maximum absolute atomic E-state index is 12.6. The molecule has 2 amide bonds. The first kappa shape index (κ1) is 22.5. The number of hydrogen-bond donors (Lipinski definition) is 0. The second-order valence-corrected chi connectivity index (χ2v) is 8.97. The van der Waals surface area contributed by atoms with Crippen LogP contribution in [0.5, 0.6) is 0 Å². The van der Waals surface area contributed by atoms with E-state index in [1.807, 2.05) is 16.0 Å². The quantitative estimate of drug-likeness (QED) is 0.597. The summed E-state index contributed by atoms with van der Waals surface area (Å²) in [6, 6.07) is 12.8. The van der Waals surface area contributed by atoms with Gasteiger partial charge in [0.1, 0.15) is 6.61 Å². The van der Waals surface area contributed by atoms with Crippen LogP contribution in [-0.4, -0.2) is 66.0 Å². The molecule has 32 heavy (non-hydrogen) atoms. The molecule has 170 valence electrons. The van der Waals surface area contributed by atoms with Crippen molar-refractivity contribution in [2.45, 2.75) is 44.9 Å². The zero-order chi connectivity index (χ0) is 22.3. The predicted molar refractivity (Wildman–Crippen MR) is 123 cm³/mol. The van der Waals surface area contributed by atoms with Gasteiger partial charge in [-0.15, -0.1) is 0 Å². The molecule has 0 N–H and O–H groups in total. The summed E-state index contributed by atoms with van der Waals surface area (Å²) < 4.78 is 5.58. The van der Waals surface area contributed by atoms with Gasteiger partial charge < -0.3 is 14.5 Å². The molecule has 0 radical (unpaired) electrons. The van der Waals surface area contributed by atoms with Gasteiger partial charge in [0.2, 0.25) is 11.8 Å². The third-order valence-corrected chi connectivity index (χ3v) is 6.43. The number of carbonyl (C=O) groups excluding carboxylic acids is 2. The van der Waals surface area contributed by atoms with Crippen molar-refractivity contribution >= 4 is 11.8 Å². The third kappa shape index (κ3) is 5.94. The molecule has 0 unspecified atom stereocenters. The Bertz CT molecular complexity index is 928. The number of aromatic nitrogens is 1. The number of amides is 2. The van der Waals surface area contributed by atoms with E-state index in [1.54, 1.807) is 0 Å². The van der Waals surface area contributed by atoms with Crippen LogP contribution in [-0.2, 0) is 20.7 Å². The summed E-state index contributed by atoms with van der Waals surface area (Å²) in [5.41, 5.74) is 4.83. The number of rotatable bonds is 8. The molecule has 0 aliphatic carbocycles. The SMILES string of the molecule is Cc1cccc(Cc2ccc([C@H]3CCCN(C(=O)COCCN4CCCC4=O)C3)nc2)c1. The van der Waals surface area contributed by atoms with Crippen LogP contribution in [0.15, 0.2) is 42.6 Å². The van der Waals surface area contributed by atoms with Crippen molar-refractivity contribution in [3.8, 4) is 0 Å². The Balaban J connectivity index is 1.24. The smallest absolute Gasteiger partial charge is 0.248 e. The maximum atomic E-state index is 12.6. The number of piperidine rings is 1. The highest BCUT2D eigenvalue weighted by Gasteiger charge is 2.26. The molecule has 0 bridgehead atoms. The van der Waals surface area contributed by atoms with Gasteiger partial charge in [0.25, 0.3) is 0 Å². The van der Waals surface area contributed by atoms with Crippen molar-refractivity contribution in [3.63, 3.8) is 0 Å². The van der Waals surface area contributed by atoms with Gasteiger partial charge in [-0.2, -0.15) is 0 Å². The second-order valence-electron chi connectivity index (χ2n) is 8.97. The Kier molecular flexibility index (Phi) is 7.53. The van der Waals surface area contributed by atoms with Gasteiger partial charge in [-0.05, 0) is 49.8 Å². The van der Waals surface area contributed by atoms with E-state index in [9.17, 15) is 9.59 Å². The average Bonchev–Trinajstić information content (AvgIpc) is 3.22. The molecule has 2 fully saturated rings. The lowest BCUT2D eigenvalue weighted by Gasteiger charge is -2.32. The third-order valence-electron chi connectivity index (χ3n) is 6.43. The first-order valence-corrected chi connectivity index (χ1v) is 11.7. The highest BCUT2D eigenvalue weighted by Crippen LogP contribution is 2.26. The fourth-order valence-electron chi connectivity index (χ4n) is 4.65. The summed E-state index contributed by atoms with van der Waals surface area (Å²) in [5.74, 6) is 0.484. The van der Waals surface area contributed by atoms with Crippen LogP contribution in [0.3, 0.4) is 0 Å². The summed E-state index contributed by atoms with van der Waals surface area (Å²) in [4.78, 5) is 32.7. The first-order valence-electron chi connectivity index (χ1n) is 11.7. The molecule has 2 aliphatic rings. The standard InChI is InChI=1S/C26H33N3O3/c1-20-5-2-6-21(15-20)16-22-9-10-24(27-17-22)23-7-3-12-29(18-23)26(31)19-32-14-13-28-11-4-8-25(28)30/h2,5-6,9-10,15,17,23H,3-4,7-8,11-14,16,18-19H2,1H3/t23-/m0/s1. The fraction of sp³-hybridized carbons (Fsp3) is 0.500. The van der Waals surface area contributed by atoms with E-state index in [-0.39, 0.29) is 24.3 Å². The van der Waals surface area contributed by atoms with Crippen molar-refractivity contribution in [2.24, 2.45) is 0 Å². The lowest BCUT2D eigenvalue weighted by Crippen LogP contribution is -2.41. The minimum Gasteiger partial charge on any atom is -0.370 e. The summed E-state index contributed by atoms with van der Waals surface area (Å²) in [6.45, 7) is 5.46. The molecule has 3 heterocycles. The second kappa shape index (κ2) is 10.7. The van der Waals surface area contributed by atoms with Gasteiger partial charge in [-0.3, -0.25) is 14.6 Å². The Morgan fingerprint density at radius 1 is 1.16 bits per heavy atom. The topological polar surface area (TPSA) is 62.7 Å². The molecule has 2 saturated heterocycles. The monoisotopic (exact) mass is 435 g/mol. The predicted octanol–water partition coefficient (Wildman–Crippen LogP) is 3.33. The zero-order valence-corrected chi connectivity index (χ0v) is 19.0. The average molecular weight is 436 g/mol. The van der Waals surface area contributed by atoms with Crippen LogP contribution in [0.4, 0.5) is 0 Å². The molecule has 0 spiro atoms. The number of carbonyl (C=O) groups is 2. The number of aryl methyl sites for hydroxylation is 1. The lowest BCUT2D eigenvalue weighted by atomic mass is 9.93. The number of likely N-dealkylation sites (tertiary alicyclic amines) is 2. The van der Waals surface area contributed by atoms with Crippen LogP contribution in [0, 0.1) is 6.92 Å². The van der Waals surface area contributed by atoms with Crippen LogP contribution in [0.25, 0.3) is 0 Å². The van der Waals surface area contributed by atoms with Crippen molar-refractivity contribution in [1.82, 2.24) is 14.8 Å². The van der Waals surface area contributed by atoms with Crippen molar-refractivity contribution in [2.75, 3.05) is 39.4 Å². The zero-order valence-electron chi connectivity index (χ0n) is 19.0. The molecule has 1 aromatic heterocycles. The molecule has 1 aromatic carbocycles. The minimum absolute atomic E-state index is 0.0264. The number of nitrogens with zero attached hydrogens (tertiary/aromatic N) is 3. The maximum Gasteiger partial charge on any atom is 0.248 e.